The van der Waals surface area contributed by atoms with Gasteiger partial charge in [-0.05, 0) is 17.7 Å². The molecule has 0 saturated heterocycles. The Morgan fingerprint density at radius 2 is 1.95 bits per heavy atom. The van der Waals surface area contributed by atoms with Gasteiger partial charge in [-0.3, -0.25) is 0 Å². The van der Waals surface area contributed by atoms with Crippen LogP contribution in [-0.4, -0.2) is 28.7 Å². The molecule has 0 unspecified atom stereocenters. The Morgan fingerprint density at radius 3 is 2.58 bits per heavy atom. The molecule has 1 aromatic carbocycles. The summed E-state index contributed by atoms with van der Waals surface area (Å²) in [6.45, 7) is -0.428. The second-order valence-corrected chi connectivity index (χ2v) is 5.77. The summed E-state index contributed by atoms with van der Waals surface area (Å²) in [5.41, 5.74) is 0. The van der Waals surface area contributed by atoms with E-state index in [9.17, 15) is 17.6 Å². The van der Waals surface area contributed by atoms with E-state index in [4.69, 9.17) is 23.2 Å². The molecule has 0 heterocycles. The molecule has 0 atom stereocenters. The van der Waals surface area contributed by atoms with E-state index < -0.39 is 19.1 Å². The molecule has 106 valence electrons. The Balaban J connectivity index is 2.30. The molecule has 0 fully saturated rings. The van der Waals surface area contributed by atoms with Gasteiger partial charge in [-0.2, -0.15) is 8.78 Å². The van der Waals surface area contributed by atoms with E-state index in [1.165, 1.54) is 0 Å². The molecule has 0 bridgehead atoms. The number of alkyl halides is 4. The van der Waals surface area contributed by atoms with Gasteiger partial charge >= 0.3 is 12.5 Å². The van der Waals surface area contributed by atoms with Crippen molar-refractivity contribution in [2.45, 2.75) is 25.0 Å². The SMILES string of the molecule is FC(F)C(F)(F)OCCC[Si]c1cccc(Cl)c1Cl. The fourth-order valence-electron chi connectivity index (χ4n) is 1.21. The van der Waals surface area contributed by atoms with Crippen molar-refractivity contribution >= 4 is 37.9 Å². The molecular weight excluding hydrogens is 323 g/mol. The highest BCUT2D eigenvalue weighted by molar-refractivity contribution is 6.60. The van der Waals surface area contributed by atoms with Crippen LogP contribution in [0.5, 0.6) is 0 Å². The molecule has 0 amide bonds. The number of hydrogen-bond acceptors (Lipinski definition) is 1. The van der Waals surface area contributed by atoms with Crippen molar-refractivity contribution in [1.29, 1.82) is 0 Å². The first-order valence-corrected chi connectivity index (χ1v) is 7.28. The van der Waals surface area contributed by atoms with Crippen LogP contribution in [-0.2, 0) is 4.74 Å². The lowest BCUT2D eigenvalue weighted by molar-refractivity contribution is -0.300. The van der Waals surface area contributed by atoms with Crippen molar-refractivity contribution in [1.82, 2.24) is 0 Å². The second kappa shape index (κ2) is 7.47. The van der Waals surface area contributed by atoms with Gasteiger partial charge in [0.25, 0.3) is 0 Å². The fraction of sp³-hybridized carbons (Fsp3) is 0.455. The second-order valence-electron chi connectivity index (χ2n) is 3.59. The van der Waals surface area contributed by atoms with Gasteiger partial charge in [-0.15, -0.1) is 0 Å². The van der Waals surface area contributed by atoms with Crippen LogP contribution in [0.25, 0.3) is 0 Å². The lowest BCUT2D eigenvalue weighted by Crippen LogP contribution is -2.30. The van der Waals surface area contributed by atoms with Gasteiger partial charge in [-0.1, -0.05) is 41.4 Å². The molecule has 8 heteroatoms. The van der Waals surface area contributed by atoms with E-state index in [1.807, 2.05) is 0 Å². The van der Waals surface area contributed by atoms with E-state index in [-0.39, 0.29) is 15.9 Å². The van der Waals surface area contributed by atoms with Crippen molar-refractivity contribution in [3.63, 3.8) is 0 Å². The number of benzene rings is 1. The van der Waals surface area contributed by atoms with E-state index in [1.54, 1.807) is 18.2 Å². The fourth-order valence-corrected chi connectivity index (χ4v) is 2.88. The predicted octanol–water partition coefficient (Wildman–Crippen LogP) is 4.01. The molecule has 1 rings (SSSR count). The van der Waals surface area contributed by atoms with Crippen molar-refractivity contribution < 1.29 is 22.3 Å². The van der Waals surface area contributed by atoms with Gasteiger partial charge in [0.1, 0.15) is 0 Å². The number of halogens is 6. The minimum absolute atomic E-state index is 0.240. The lowest BCUT2D eigenvalue weighted by Gasteiger charge is -2.15. The van der Waals surface area contributed by atoms with Crippen LogP contribution >= 0.6 is 23.2 Å². The smallest absolute Gasteiger partial charge is 0.316 e. The summed E-state index contributed by atoms with van der Waals surface area (Å²) in [6, 6.07) is 5.67. The number of ether oxygens (including phenoxy) is 1. The van der Waals surface area contributed by atoms with Crippen LogP contribution in [0.4, 0.5) is 17.6 Å². The highest BCUT2D eigenvalue weighted by Gasteiger charge is 2.41. The monoisotopic (exact) mass is 332 g/mol. The summed E-state index contributed by atoms with van der Waals surface area (Å²) >= 11 is 11.8. The molecule has 0 N–H and O–H groups in total. The van der Waals surface area contributed by atoms with Crippen LogP contribution < -0.4 is 5.19 Å². The van der Waals surface area contributed by atoms with Gasteiger partial charge in [0.2, 0.25) is 0 Å². The first-order chi connectivity index (χ1) is 8.84. The van der Waals surface area contributed by atoms with Gasteiger partial charge in [-0.25, -0.2) is 8.78 Å². The Bertz CT molecular complexity index is 418. The molecule has 0 spiro atoms. The summed E-state index contributed by atoms with van der Waals surface area (Å²) in [4.78, 5) is 0. The molecular formula is C11H10Cl2F4OSi. The minimum atomic E-state index is -4.38. The van der Waals surface area contributed by atoms with Crippen LogP contribution in [0.3, 0.4) is 0 Å². The highest BCUT2D eigenvalue weighted by Crippen LogP contribution is 2.24. The number of hydrogen-bond donors (Lipinski definition) is 0. The third-order valence-electron chi connectivity index (χ3n) is 2.14. The zero-order valence-corrected chi connectivity index (χ0v) is 12.1. The lowest BCUT2D eigenvalue weighted by atomic mass is 10.4. The number of rotatable bonds is 7. The molecule has 0 aliphatic carbocycles. The summed E-state index contributed by atoms with van der Waals surface area (Å²) in [5.74, 6) is 0. The van der Waals surface area contributed by atoms with Gasteiger partial charge in [0, 0.05) is 0 Å². The van der Waals surface area contributed by atoms with Gasteiger partial charge in [0.15, 0.2) is 0 Å². The van der Waals surface area contributed by atoms with Gasteiger partial charge in [0.05, 0.1) is 26.2 Å². The first-order valence-electron chi connectivity index (χ1n) is 5.32. The Labute approximate surface area is 120 Å². The summed E-state index contributed by atoms with van der Waals surface area (Å²) in [5, 5.41) is 1.67. The maximum atomic E-state index is 12.4. The average molecular weight is 333 g/mol. The summed E-state index contributed by atoms with van der Waals surface area (Å²) in [6.07, 6.45) is -7.95. The Kier molecular flexibility index (Phi) is 6.59. The minimum Gasteiger partial charge on any atom is -0.316 e. The quantitative estimate of drug-likeness (QED) is 0.416. The molecule has 0 aliphatic rings. The van der Waals surface area contributed by atoms with Crippen LogP contribution in [0.1, 0.15) is 6.42 Å². The zero-order valence-electron chi connectivity index (χ0n) is 9.61. The van der Waals surface area contributed by atoms with Crippen molar-refractivity contribution in [2.75, 3.05) is 6.61 Å². The molecule has 1 aromatic rings. The van der Waals surface area contributed by atoms with Crippen molar-refractivity contribution in [2.24, 2.45) is 0 Å². The standard InChI is InChI=1S/C11H10Cl2F4OSi/c12-7-3-1-4-8(9(7)13)19-6-2-5-18-11(16,17)10(14)15/h1,3-4,10H,2,5-6H2. The largest absolute Gasteiger partial charge is 0.416 e. The van der Waals surface area contributed by atoms with E-state index >= 15 is 0 Å². The van der Waals surface area contributed by atoms with E-state index in [0.717, 1.165) is 5.19 Å². The first kappa shape index (κ1) is 16.8. The highest BCUT2D eigenvalue weighted by atomic mass is 35.5. The summed E-state index contributed by atoms with van der Waals surface area (Å²) < 4.78 is 52.2. The molecule has 19 heavy (non-hydrogen) atoms. The summed E-state index contributed by atoms with van der Waals surface area (Å²) in [7, 11) is 0.259. The third kappa shape index (κ3) is 5.29. The maximum absolute atomic E-state index is 12.4. The van der Waals surface area contributed by atoms with Crippen LogP contribution in [0, 0.1) is 0 Å². The molecule has 2 radical (unpaired) electrons. The Morgan fingerprint density at radius 1 is 1.26 bits per heavy atom. The topological polar surface area (TPSA) is 9.23 Å². The van der Waals surface area contributed by atoms with Gasteiger partial charge < -0.3 is 4.74 Å². The predicted molar refractivity (Wildman–Crippen MR) is 68.2 cm³/mol. The Hall–Kier alpha value is -0.303. The molecule has 1 nitrogen and oxygen atoms in total. The van der Waals surface area contributed by atoms with Crippen molar-refractivity contribution in [3.8, 4) is 0 Å². The third-order valence-corrected chi connectivity index (χ3v) is 4.52. The zero-order chi connectivity index (χ0) is 14.5. The van der Waals surface area contributed by atoms with Crippen LogP contribution in [0.15, 0.2) is 18.2 Å². The molecule has 0 saturated carbocycles. The molecule has 0 aromatic heterocycles. The maximum Gasteiger partial charge on any atom is 0.416 e. The van der Waals surface area contributed by atoms with E-state index in [2.05, 4.69) is 4.74 Å². The molecule has 0 aliphatic heterocycles. The average Bonchev–Trinajstić information content (AvgIpc) is 2.33. The van der Waals surface area contributed by atoms with E-state index in [0.29, 0.717) is 16.1 Å². The normalized spacial score (nSPS) is 12.2. The van der Waals surface area contributed by atoms with Crippen molar-refractivity contribution in [3.05, 3.63) is 28.2 Å². The van der Waals surface area contributed by atoms with Crippen LogP contribution in [0.2, 0.25) is 16.1 Å².